The molecule has 0 spiro atoms. The van der Waals surface area contributed by atoms with Crippen molar-refractivity contribution in [2.45, 2.75) is 119 Å². The summed E-state index contributed by atoms with van der Waals surface area (Å²) in [5.74, 6) is 1.23. The predicted molar refractivity (Wildman–Crippen MR) is 308 cm³/mol. The molecule has 0 unspecified atom stereocenters. The molecule has 0 saturated heterocycles. The number of pyridine rings is 2. The van der Waals surface area contributed by atoms with Gasteiger partial charge in [-0.05, 0) is 105 Å². The molecule has 375 valence electrons. The monoisotopic (exact) mass is 1160 g/mol. The van der Waals surface area contributed by atoms with Gasteiger partial charge in [0.1, 0.15) is 0 Å². The fourth-order valence-corrected chi connectivity index (χ4v) is 10.8. The van der Waals surface area contributed by atoms with Gasteiger partial charge < -0.3 is 14.0 Å². The van der Waals surface area contributed by atoms with E-state index in [0.29, 0.717) is 22.6 Å². The number of hydrogen-bond acceptors (Lipinski definition) is 4. The van der Waals surface area contributed by atoms with Gasteiger partial charge in [0, 0.05) is 49.8 Å². The van der Waals surface area contributed by atoms with Gasteiger partial charge >= 0.3 is 0 Å². The van der Waals surface area contributed by atoms with Crippen LogP contribution in [-0.2, 0) is 31.9 Å². The molecule has 4 heterocycles. The van der Waals surface area contributed by atoms with Gasteiger partial charge in [-0.15, -0.1) is 53.6 Å². The van der Waals surface area contributed by atoms with Gasteiger partial charge in [0.15, 0.2) is 0 Å². The largest absolute Gasteiger partial charge is 0.486 e. The van der Waals surface area contributed by atoms with Crippen LogP contribution in [0.25, 0.3) is 83.8 Å². The number of imidazole rings is 1. The molecule has 0 atom stereocenters. The SMILES string of the molecule is [2H]C([2H])([2H])c1ccc(-c2ccc3c(n2)oc2c(-c4nc5ccccc5n4-c4c(C(C)C)cc(-c5ccccc5)cc4C(C)C)[c-]ccc23)cc1.[2H]C([2H])(c1cc(-c2[c-]ccc(C(C)(C)C)c2)ncc1[Si](C)(C)C)C(C)(C)C.[Ir]. The molecular weight excluding hydrogens is 1090 g/mol. The third-order valence-electron chi connectivity index (χ3n) is 13.2. The third-order valence-corrected chi connectivity index (χ3v) is 15.2. The molecule has 6 aromatic carbocycles. The first-order chi connectivity index (χ1) is 36.1. The maximum Gasteiger partial charge on any atom is 0.216 e. The van der Waals surface area contributed by atoms with E-state index in [0.717, 1.165) is 66.5 Å². The number of para-hydroxylation sites is 2. The molecule has 73 heavy (non-hydrogen) atoms. The van der Waals surface area contributed by atoms with E-state index in [9.17, 15) is 0 Å². The van der Waals surface area contributed by atoms with Crippen LogP contribution in [0.5, 0.6) is 0 Å². The van der Waals surface area contributed by atoms with Crippen molar-refractivity contribution >= 4 is 46.4 Å². The Morgan fingerprint density at radius 2 is 1.36 bits per heavy atom. The third kappa shape index (κ3) is 11.3. The van der Waals surface area contributed by atoms with Crippen molar-refractivity contribution in [2.75, 3.05) is 0 Å². The number of furan rings is 1. The van der Waals surface area contributed by atoms with Gasteiger partial charge in [0.2, 0.25) is 5.71 Å². The molecule has 4 aromatic heterocycles. The molecule has 0 aliphatic heterocycles. The van der Waals surface area contributed by atoms with E-state index in [1.165, 1.54) is 27.8 Å². The summed E-state index contributed by atoms with van der Waals surface area (Å²) in [6.07, 6.45) is 0.472. The molecule has 5 nitrogen and oxygen atoms in total. The second-order valence-corrected chi connectivity index (χ2v) is 27.8. The molecule has 10 aromatic rings. The van der Waals surface area contributed by atoms with Gasteiger partial charge in [0.25, 0.3) is 0 Å². The molecule has 7 heteroatoms. The van der Waals surface area contributed by atoms with E-state index in [-0.39, 0.29) is 37.4 Å². The Kier molecular flexibility index (Phi) is 13.3. The topological polar surface area (TPSA) is 56.7 Å². The first-order valence-electron chi connectivity index (χ1n) is 27.7. The molecule has 0 N–H and O–H groups in total. The van der Waals surface area contributed by atoms with Crippen LogP contribution in [0.1, 0.15) is 116 Å². The Labute approximate surface area is 456 Å². The van der Waals surface area contributed by atoms with Crippen LogP contribution in [-0.4, -0.2) is 27.6 Å². The van der Waals surface area contributed by atoms with Crippen LogP contribution in [0.4, 0.5) is 0 Å². The van der Waals surface area contributed by atoms with E-state index in [1.807, 2.05) is 69.4 Å². The van der Waals surface area contributed by atoms with E-state index >= 15 is 0 Å². The van der Waals surface area contributed by atoms with Gasteiger partial charge in [-0.3, -0.25) is 4.98 Å². The Balaban J connectivity index is 0.000000244. The fourth-order valence-electron chi connectivity index (χ4n) is 9.41. The Hall–Kier alpha value is -6.24. The Bertz CT molecular complexity index is 3750. The maximum absolute atomic E-state index is 8.89. The van der Waals surface area contributed by atoms with Crippen molar-refractivity contribution in [3.8, 4) is 50.7 Å². The minimum absolute atomic E-state index is 0. The summed E-state index contributed by atoms with van der Waals surface area (Å²) >= 11 is 0. The maximum atomic E-state index is 8.89. The number of rotatable bonds is 9. The van der Waals surface area contributed by atoms with Crippen molar-refractivity contribution in [1.29, 1.82) is 0 Å². The number of benzene rings is 6. The smallest absolute Gasteiger partial charge is 0.216 e. The standard InChI is InChI=1S/C43H36N3O.C23H34NSi.Ir/c1-26(2)35-24-31(29-12-7-6-8-13-29)25-36(27(3)4)40(35)46-39-17-10-9-16-38(39)44-42(46)34-15-11-14-32-33-22-23-37(45-43(33)47-41(32)34)30-20-18-28(5)19-21-30;1-22(2,3)15-18-14-20(24-16-21(18)25(7,8)9)17-11-10-12-19(13-17)23(4,5)6;/h6-14,16-27H,1-5H3;10,12-14,16H,15H2,1-9H3;/q2*-1;/i5D3;15D2;. The van der Waals surface area contributed by atoms with Gasteiger partial charge in [-0.1, -0.05) is 184 Å². The molecule has 0 bridgehead atoms. The molecule has 1 radical (unpaired) electrons. The fraction of sp³-hybridized carbons (Fsp3) is 0.288. The van der Waals surface area contributed by atoms with Crippen LogP contribution < -0.4 is 5.19 Å². The van der Waals surface area contributed by atoms with Crippen LogP contribution in [0.3, 0.4) is 0 Å². The van der Waals surface area contributed by atoms with Crippen molar-refractivity contribution in [2.24, 2.45) is 5.41 Å². The zero-order valence-corrected chi connectivity index (χ0v) is 47.9. The molecular formula is C66H70IrN4OSi-2. The zero-order valence-electron chi connectivity index (χ0n) is 49.5. The Morgan fingerprint density at radius 1 is 0.685 bits per heavy atom. The quantitative estimate of drug-likeness (QED) is 0.107. The summed E-state index contributed by atoms with van der Waals surface area (Å²) in [6.45, 7) is 26.1. The van der Waals surface area contributed by atoms with Crippen molar-refractivity contribution in [3.63, 3.8) is 0 Å². The summed E-state index contributed by atoms with van der Waals surface area (Å²) in [7, 11) is -1.74. The second-order valence-electron chi connectivity index (χ2n) is 22.7. The minimum Gasteiger partial charge on any atom is -0.486 e. The summed E-state index contributed by atoms with van der Waals surface area (Å²) < 4.78 is 49.8. The summed E-state index contributed by atoms with van der Waals surface area (Å²) in [5.41, 5.74) is 14.9. The predicted octanol–water partition coefficient (Wildman–Crippen LogP) is 17.7. The van der Waals surface area contributed by atoms with E-state index < -0.39 is 26.7 Å². The molecule has 0 aliphatic carbocycles. The average Bonchev–Trinajstić information content (AvgIpc) is 4.19. The zero-order chi connectivity index (χ0) is 55.6. The van der Waals surface area contributed by atoms with Crippen LogP contribution in [0.15, 0.2) is 150 Å². The average molecular weight is 1160 g/mol. The minimum atomic E-state index is -2.16. The van der Waals surface area contributed by atoms with Gasteiger partial charge in [-0.2, -0.15) is 0 Å². The molecule has 0 saturated carbocycles. The van der Waals surface area contributed by atoms with Crippen molar-refractivity contribution in [1.82, 2.24) is 19.5 Å². The Morgan fingerprint density at radius 3 is 2.00 bits per heavy atom. The summed E-state index contributed by atoms with van der Waals surface area (Å²) in [6, 6.07) is 53.2. The number of hydrogen-bond donors (Lipinski definition) is 0. The number of aromatic nitrogens is 4. The van der Waals surface area contributed by atoms with Gasteiger partial charge in [0.05, 0.1) is 36.2 Å². The van der Waals surface area contributed by atoms with Crippen LogP contribution in [0.2, 0.25) is 19.6 Å². The molecule has 0 fully saturated rings. The first-order valence-corrected chi connectivity index (χ1v) is 28.7. The van der Waals surface area contributed by atoms with Crippen LogP contribution >= 0.6 is 0 Å². The van der Waals surface area contributed by atoms with Gasteiger partial charge in [-0.25, -0.2) is 4.98 Å². The van der Waals surface area contributed by atoms with Crippen LogP contribution in [0, 0.1) is 24.4 Å². The summed E-state index contributed by atoms with van der Waals surface area (Å²) in [4.78, 5) is 14.9. The first kappa shape index (κ1) is 46.5. The molecule has 10 rings (SSSR count). The van der Waals surface area contributed by atoms with E-state index in [1.54, 1.807) is 24.3 Å². The second kappa shape index (κ2) is 20.9. The molecule has 0 amide bonds. The number of fused-ring (bicyclic) bond motifs is 4. The number of aryl methyl sites for hydroxylation is 1. The van der Waals surface area contributed by atoms with E-state index in [4.69, 9.17) is 26.2 Å². The number of nitrogens with zero attached hydrogens (tertiary/aromatic N) is 4. The normalized spacial score (nSPS) is 13.5. The van der Waals surface area contributed by atoms with Crippen molar-refractivity contribution < 1.29 is 31.4 Å². The van der Waals surface area contributed by atoms with Crippen molar-refractivity contribution in [3.05, 3.63) is 186 Å². The van der Waals surface area contributed by atoms with E-state index in [2.05, 4.69) is 158 Å². The summed E-state index contributed by atoms with van der Waals surface area (Å²) in [5, 5.41) is 2.91. The molecule has 0 aliphatic rings.